The summed E-state index contributed by atoms with van der Waals surface area (Å²) in [6.07, 6.45) is -0.110. The lowest BCUT2D eigenvalue weighted by molar-refractivity contribution is -0.127. The minimum absolute atomic E-state index is 0.0198. The highest BCUT2D eigenvalue weighted by Crippen LogP contribution is 2.44. The molecular formula is C9H11O6P. The van der Waals surface area contributed by atoms with Gasteiger partial charge in [-0.3, -0.25) is 4.52 Å². The maximum atomic E-state index is 11.2. The number of phosphoric acid groups is 1. The Balaban J connectivity index is 1.76. The first-order valence-corrected chi connectivity index (χ1v) is 6.15. The average molecular weight is 246 g/mol. The van der Waals surface area contributed by atoms with E-state index >= 15 is 0 Å². The van der Waals surface area contributed by atoms with Crippen molar-refractivity contribution >= 4 is 7.82 Å². The average Bonchev–Trinajstić information content (AvgIpc) is 3.09. The predicted molar refractivity (Wildman–Crippen MR) is 53.7 cm³/mol. The van der Waals surface area contributed by atoms with Crippen molar-refractivity contribution in [1.82, 2.24) is 0 Å². The summed E-state index contributed by atoms with van der Waals surface area (Å²) in [5, 5.41) is 0. The third kappa shape index (κ3) is 3.92. The highest BCUT2D eigenvalue weighted by atomic mass is 31.2. The molecule has 6 nitrogen and oxygen atoms in total. The van der Waals surface area contributed by atoms with Crippen LogP contribution in [0.5, 0.6) is 5.75 Å². The van der Waals surface area contributed by atoms with E-state index in [-0.39, 0.29) is 12.7 Å². The van der Waals surface area contributed by atoms with Crippen LogP contribution in [0.3, 0.4) is 0 Å². The van der Waals surface area contributed by atoms with Crippen LogP contribution in [0.4, 0.5) is 0 Å². The lowest BCUT2D eigenvalue weighted by atomic mass is 10.3. The van der Waals surface area contributed by atoms with Crippen LogP contribution in [0.1, 0.15) is 0 Å². The number of hydrogen-bond acceptors (Lipinski definition) is 5. The molecule has 88 valence electrons. The number of hydrogen-bond donors (Lipinski definition) is 1. The molecule has 1 aromatic rings. The van der Waals surface area contributed by atoms with Gasteiger partial charge in [-0.05, 0) is 12.1 Å². The summed E-state index contributed by atoms with van der Waals surface area (Å²) in [7, 11) is -4.17. The van der Waals surface area contributed by atoms with Crippen LogP contribution in [0, 0.1) is 0 Å². The molecule has 1 aliphatic rings. The zero-order valence-corrected chi connectivity index (χ0v) is 9.21. The molecule has 0 spiro atoms. The van der Waals surface area contributed by atoms with E-state index in [2.05, 4.69) is 14.1 Å². The monoisotopic (exact) mass is 246 g/mol. The molecule has 2 rings (SSSR count). The molecule has 1 N–H and O–H groups in total. The lowest BCUT2D eigenvalue weighted by Gasteiger charge is -2.10. The summed E-state index contributed by atoms with van der Waals surface area (Å²) < 4.78 is 25.0. The van der Waals surface area contributed by atoms with Gasteiger partial charge in [0.1, 0.15) is 6.10 Å². The van der Waals surface area contributed by atoms with Gasteiger partial charge in [0.25, 0.3) is 0 Å². The fourth-order valence-electron chi connectivity index (χ4n) is 0.929. The van der Waals surface area contributed by atoms with Crippen molar-refractivity contribution in [3.05, 3.63) is 30.3 Å². The fraction of sp³-hybridized carbons (Fsp3) is 0.333. The van der Waals surface area contributed by atoms with Crippen LogP contribution < -0.4 is 4.89 Å². The number of ether oxygens (including phenoxy) is 1. The molecule has 16 heavy (non-hydrogen) atoms. The third-order valence-corrected chi connectivity index (χ3v) is 2.54. The number of phosphoric ester groups is 1. The number of epoxide rings is 1. The van der Waals surface area contributed by atoms with Crippen molar-refractivity contribution in [2.24, 2.45) is 0 Å². The van der Waals surface area contributed by atoms with Crippen LogP contribution >= 0.6 is 7.82 Å². The second-order valence-corrected chi connectivity index (χ2v) is 4.53. The standard InChI is InChI=1S/C9H11O6P/c10-16(11,13-7-9-6-12-9)15-14-8-4-2-1-3-5-8/h1-5,9H,6-7H2,(H,10,11). The molecule has 0 aromatic heterocycles. The molecule has 0 amide bonds. The first-order valence-electron chi connectivity index (χ1n) is 4.66. The minimum Gasteiger partial charge on any atom is -0.371 e. The van der Waals surface area contributed by atoms with E-state index in [0.717, 1.165) is 0 Å². The second kappa shape index (κ2) is 4.95. The van der Waals surface area contributed by atoms with E-state index in [1.165, 1.54) is 0 Å². The molecule has 0 aliphatic carbocycles. The number of para-hydroxylation sites is 1. The van der Waals surface area contributed by atoms with E-state index in [9.17, 15) is 9.46 Å². The summed E-state index contributed by atoms with van der Waals surface area (Å²) >= 11 is 0. The maximum absolute atomic E-state index is 11.2. The molecule has 1 heterocycles. The predicted octanol–water partition coefficient (Wildman–Crippen LogP) is 1.51. The Morgan fingerprint density at radius 3 is 2.75 bits per heavy atom. The Morgan fingerprint density at radius 1 is 1.44 bits per heavy atom. The van der Waals surface area contributed by atoms with Crippen molar-refractivity contribution in [2.45, 2.75) is 6.10 Å². The summed E-state index contributed by atoms with van der Waals surface area (Å²) in [6.45, 7) is 0.561. The van der Waals surface area contributed by atoms with E-state index < -0.39 is 7.82 Å². The van der Waals surface area contributed by atoms with E-state index in [4.69, 9.17) is 4.74 Å². The van der Waals surface area contributed by atoms with Gasteiger partial charge < -0.3 is 14.5 Å². The van der Waals surface area contributed by atoms with Gasteiger partial charge in [0.15, 0.2) is 5.75 Å². The Morgan fingerprint density at radius 2 is 2.12 bits per heavy atom. The summed E-state index contributed by atoms with van der Waals surface area (Å²) in [5.41, 5.74) is 0. The molecule has 7 heteroatoms. The smallest absolute Gasteiger partial charge is 0.371 e. The Bertz CT molecular complexity index is 377. The molecule has 1 aromatic carbocycles. The lowest BCUT2D eigenvalue weighted by Crippen LogP contribution is -2.03. The molecular weight excluding hydrogens is 235 g/mol. The molecule has 2 atom stereocenters. The fourth-order valence-corrected chi connectivity index (χ4v) is 1.51. The van der Waals surface area contributed by atoms with Crippen molar-refractivity contribution in [1.29, 1.82) is 0 Å². The molecule has 0 saturated carbocycles. The Hall–Kier alpha value is -0.910. The van der Waals surface area contributed by atoms with Gasteiger partial charge in [-0.2, -0.15) is 0 Å². The maximum Gasteiger partial charge on any atom is 0.508 e. The van der Waals surface area contributed by atoms with Crippen molar-refractivity contribution in [3.8, 4) is 5.75 Å². The summed E-state index contributed by atoms with van der Waals surface area (Å²) in [6, 6.07) is 8.38. The first-order chi connectivity index (χ1) is 7.66. The van der Waals surface area contributed by atoms with Crippen LogP contribution in [0.15, 0.2) is 30.3 Å². The third-order valence-electron chi connectivity index (χ3n) is 1.80. The van der Waals surface area contributed by atoms with E-state index in [1.807, 2.05) is 0 Å². The van der Waals surface area contributed by atoms with Crippen LogP contribution in [-0.2, 0) is 18.5 Å². The highest BCUT2D eigenvalue weighted by molar-refractivity contribution is 7.47. The topological polar surface area (TPSA) is 77.5 Å². The SMILES string of the molecule is O=P(O)(OCC1CO1)OOc1ccccc1. The molecule has 1 aliphatic heterocycles. The highest BCUT2D eigenvalue weighted by Gasteiger charge is 2.30. The van der Waals surface area contributed by atoms with Gasteiger partial charge in [0.2, 0.25) is 0 Å². The molecule has 0 bridgehead atoms. The van der Waals surface area contributed by atoms with Crippen molar-refractivity contribution in [2.75, 3.05) is 13.2 Å². The molecule has 1 saturated heterocycles. The van der Waals surface area contributed by atoms with Gasteiger partial charge in [-0.15, -0.1) is 0 Å². The Kier molecular flexibility index (Phi) is 3.58. The largest absolute Gasteiger partial charge is 0.508 e. The number of rotatable bonds is 6. The first kappa shape index (κ1) is 11.6. The number of benzene rings is 1. The Labute approximate surface area is 92.2 Å². The van der Waals surface area contributed by atoms with Crippen molar-refractivity contribution < 1.29 is 28.3 Å². The van der Waals surface area contributed by atoms with Gasteiger partial charge in [-0.25, -0.2) is 4.57 Å². The molecule has 0 radical (unpaired) electrons. The zero-order chi connectivity index (χ0) is 11.4. The van der Waals surface area contributed by atoms with Crippen molar-refractivity contribution in [3.63, 3.8) is 0 Å². The zero-order valence-electron chi connectivity index (χ0n) is 8.31. The second-order valence-electron chi connectivity index (χ2n) is 3.19. The van der Waals surface area contributed by atoms with Gasteiger partial charge in [-0.1, -0.05) is 22.9 Å². The molecule has 2 unspecified atom stereocenters. The minimum atomic E-state index is -4.17. The van der Waals surface area contributed by atoms with Crippen LogP contribution in [-0.4, -0.2) is 24.2 Å². The van der Waals surface area contributed by atoms with E-state index in [0.29, 0.717) is 12.4 Å². The van der Waals surface area contributed by atoms with Crippen LogP contribution in [0.2, 0.25) is 0 Å². The summed E-state index contributed by atoms with van der Waals surface area (Å²) in [5.74, 6) is 0.322. The summed E-state index contributed by atoms with van der Waals surface area (Å²) in [4.78, 5) is 13.8. The van der Waals surface area contributed by atoms with Gasteiger partial charge in [0, 0.05) is 0 Å². The van der Waals surface area contributed by atoms with Gasteiger partial charge in [0.05, 0.1) is 13.2 Å². The van der Waals surface area contributed by atoms with Gasteiger partial charge >= 0.3 is 7.82 Å². The van der Waals surface area contributed by atoms with Crippen LogP contribution in [0.25, 0.3) is 0 Å². The normalized spacial score (nSPS) is 22.4. The molecule has 1 fully saturated rings. The quantitative estimate of drug-likeness (QED) is 0.355. The van der Waals surface area contributed by atoms with E-state index in [1.54, 1.807) is 30.3 Å².